The number of carbonyl (C=O) groups excluding carboxylic acids is 1. The molecule has 27 heavy (non-hydrogen) atoms. The molecule has 0 unspecified atom stereocenters. The van der Waals surface area contributed by atoms with Crippen molar-refractivity contribution in [2.75, 3.05) is 20.3 Å². The zero-order valence-corrected chi connectivity index (χ0v) is 15.5. The van der Waals surface area contributed by atoms with Gasteiger partial charge in [-0.25, -0.2) is 15.0 Å². The lowest BCUT2D eigenvalue weighted by atomic mass is 9.93. The molecule has 1 aliphatic rings. The second-order valence-electron chi connectivity index (χ2n) is 6.53. The summed E-state index contributed by atoms with van der Waals surface area (Å²) in [4.78, 5) is 25.4. The van der Waals surface area contributed by atoms with E-state index in [-0.39, 0.29) is 24.6 Å². The molecule has 2 heterocycles. The van der Waals surface area contributed by atoms with E-state index in [0.717, 1.165) is 25.7 Å². The summed E-state index contributed by atoms with van der Waals surface area (Å²) in [6.45, 7) is 1.44. The fraction of sp³-hybridized carbons (Fsp3) is 0.556. The van der Waals surface area contributed by atoms with Gasteiger partial charge in [0, 0.05) is 32.1 Å². The van der Waals surface area contributed by atoms with E-state index in [1.807, 2.05) is 0 Å². The summed E-state index contributed by atoms with van der Waals surface area (Å²) in [6, 6.07) is 1.75. The van der Waals surface area contributed by atoms with Gasteiger partial charge < -0.3 is 20.5 Å². The van der Waals surface area contributed by atoms with E-state index in [1.165, 1.54) is 0 Å². The number of nitrogens with zero attached hydrogens (tertiary/aromatic N) is 4. The van der Waals surface area contributed by atoms with Crippen molar-refractivity contribution in [2.24, 2.45) is 5.73 Å². The van der Waals surface area contributed by atoms with E-state index in [2.05, 4.69) is 20.3 Å². The third kappa shape index (κ3) is 5.31. The van der Waals surface area contributed by atoms with Crippen molar-refractivity contribution >= 4 is 5.91 Å². The van der Waals surface area contributed by atoms with Gasteiger partial charge in [0.1, 0.15) is 12.0 Å². The van der Waals surface area contributed by atoms with Crippen LogP contribution < -0.4 is 11.1 Å². The van der Waals surface area contributed by atoms with Gasteiger partial charge in [0.15, 0.2) is 0 Å². The third-order valence-electron chi connectivity index (χ3n) is 4.59. The highest BCUT2D eigenvalue weighted by Crippen LogP contribution is 2.21. The van der Waals surface area contributed by atoms with Crippen LogP contribution >= 0.6 is 0 Å². The molecule has 9 heteroatoms. The molecule has 1 amide bonds. The summed E-state index contributed by atoms with van der Waals surface area (Å²) >= 11 is 0. The number of methoxy groups -OCH3 is 1. The Morgan fingerprint density at radius 1 is 1.30 bits per heavy atom. The monoisotopic (exact) mass is 374 g/mol. The minimum atomic E-state index is -0.211. The lowest BCUT2D eigenvalue weighted by molar-refractivity contribution is -0.00409. The average Bonchev–Trinajstić information content (AvgIpc) is 3.24. The maximum atomic E-state index is 12.7. The number of aromatic nitrogens is 4. The standard InChI is InChI=1S/C18H26N6O3/c1-26-8-9-27-15-4-2-13(3-5-15)21-17(25)16-10-14(11-19)22-18(23-16)24-7-6-20-12-24/h6-7,10,12-13,15H,2-5,8-9,11,19H2,1H3,(H,21,25). The fourth-order valence-electron chi connectivity index (χ4n) is 3.13. The molecule has 2 aromatic heterocycles. The molecule has 0 saturated heterocycles. The van der Waals surface area contributed by atoms with Crippen molar-refractivity contribution in [3.63, 3.8) is 0 Å². The highest BCUT2D eigenvalue weighted by atomic mass is 16.5. The van der Waals surface area contributed by atoms with Crippen molar-refractivity contribution < 1.29 is 14.3 Å². The molecule has 1 fully saturated rings. The molecule has 3 N–H and O–H groups in total. The number of hydrogen-bond acceptors (Lipinski definition) is 7. The molecule has 3 rings (SSSR count). The largest absolute Gasteiger partial charge is 0.382 e. The molecular weight excluding hydrogens is 348 g/mol. The predicted molar refractivity (Wildman–Crippen MR) is 98.4 cm³/mol. The first kappa shape index (κ1) is 19.4. The van der Waals surface area contributed by atoms with Crippen molar-refractivity contribution in [1.29, 1.82) is 0 Å². The van der Waals surface area contributed by atoms with Crippen LogP contribution in [-0.2, 0) is 16.0 Å². The first-order valence-electron chi connectivity index (χ1n) is 9.17. The lowest BCUT2D eigenvalue weighted by Gasteiger charge is -2.29. The van der Waals surface area contributed by atoms with E-state index >= 15 is 0 Å². The maximum absolute atomic E-state index is 12.7. The van der Waals surface area contributed by atoms with Gasteiger partial charge in [-0.15, -0.1) is 0 Å². The van der Waals surface area contributed by atoms with Crippen LogP contribution in [-0.4, -0.2) is 57.9 Å². The molecule has 2 aromatic rings. The quantitative estimate of drug-likeness (QED) is 0.657. The van der Waals surface area contributed by atoms with Crippen molar-refractivity contribution in [3.05, 3.63) is 36.2 Å². The summed E-state index contributed by atoms with van der Waals surface area (Å²) in [5, 5.41) is 3.07. The Morgan fingerprint density at radius 2 is 2.11 bits per heavy atom. The molecule has 9 nitrogen and oxygen atoms in total. The molecule has 1 saturated carbocycles. The van der Waals surface area contributed by atoms with Gasteiger partial charge in [-0.1, -0.05) is 0 Å². The van der Waals surface area contributed by atoms with E-state index in [1.54, 1.807) is 36.5 Å². The van der Waals surface area contributed by atoms with Gasteiger partial charge in [-0.3, -0.25) is 9.36 Å². The maximum Gasteiger partial charge on any atom is 0.270 e. The summed E-state index contributed by atoms with van der Waals surface area (Å²) in [5.41, 5.74) is 6.64. The number of rotatable bonds is 8. The summed E-state index contributed by atoms with van der Waals surface area (Å²) < 4.78 is 12.4. The van der Waals surface area contributed by atoms with E-state index in [9.17, 15) is 4.79 Å². The Balaban J connectivity index is 1.59. The summed E-state index contributed by atoms with van der Waals surface area (Å²) in [7, 11) is 1.66. The Hall–Kier alpha value is -2.36. The predicted octanol–water partition coefficient (Wildman–Crippen LogP) is 0.825. The molecule has 0 aliphatic heterocycles. The van der Waals surface area contributed by atoms with E-state index < -0.39 is 0 Å². The Morgan fingerprint density at radius 3 is 2.78 bits per heavy atom. The number of carbonyl (C=O) groups is 1. The molecule has 0 atom stereocenters. The first-order chi connectivity index (χ1) is 13.2. The molecule has 1 aliphatic carbocycles. The molecule has 0 aromatic carbocycles. The SMILES string of the molecule is COCCOC1CCC(NC(=O)c2cc(CN)nc(-n3ccnc3)n2)CC1. The second kappa shape index (κ2) is 9.54. The van der Waals surface area contributed by atoms with Crippen LogP contribution in [0.1, 0.15) is 41.9 Å². The van der Waals surface area contributed by atoms with Crippen LogP contribution in [0, 0.1) is 0 Å². The number of amides is 1. The fourth-order valence-corrected chi connectivity index (χ4v) is 3.13. The summed E-state index contributed by atoms with van der Waals surface area (Å²) in [5.74, 6) is 0.174. The zero-order chi connectivity index (χ0) is 19.1. The highest BCUT2D eigenvalue weighted by Gasteiger charge is 2.24. The number of nitrogens with two attached hydrogens (primary N) is 1. The van der Waals surface area contributed by atoms with Gasteiger partial charge in [0.05, 0.1) is 25.0 Å². The van der Waals surface area contributed by atoms with Crippen LogP contribution in [0.2, 0.25) is 0 Å². The second-order valence-corrected chi connectivity index (χ2v) is 6.53. The minimum Gasteiger partial charge on any atom is -0.382 e. The molecule has 0 radical (unpaired) electrons. The Kier molecular flexibility index (Phi) is 6.86. The molecule has 146 valence electrons. The highest BCUT2D eigenvalue weighted by molar-refractivity contribution is 5.92. The van der Waals surface area contributed by atoms with Crippen molar-refractivity contribution in [3.8, 4) is 5.95 Å². The molecule has 0 spiro atoms. The number of imidazole rings is 1. The van der Waals surface area contributed by atoms with Gasteiger partial charge in [0.2, 0.25) is 5.95 Å². The number of ether oxygens (including phenoxy) is 2. The Labute approximate surface area is 158 Å². The zero-order valence-electron chi connectivity index (χ0n) is 15.5. The van der Waals surface area contributed by atoms with Crippen LogP contribution in [0.3, 0.4) is 0 Å². The first-order valence-corrected chi connectivity index (χ1v) is 9.17. The average molecular weight is 374 g/mol. The van der Waals surface area contributed by atoms with E-state index in [4.69, 9.17) is 15.2 Å². The van der Waals surface area contributed by atoms with Gasteiger partial charge in [0.25, 0.3) is 5.91 Å². The Bertz CT molecular complexity index is 729. The van der Waals surface area contributed by atoms with Gasteiger partial charge in [-0.05, 0) is 31.7 Å². The van der Waals surface area contributed by atoms with Crippen LogP contribution in [0.4, 0.5) is 0 Å². The number of hydrogen-bond donors (Lipinski definition) is 2. The van der Waals surface area contributed by atoms with Crippen LogP contribution in [0.25, 0.3) is 5.95 Å². The topological polar surface area (TPSA) is 117 Å². The minimum absolute atomic E-state index is 0.118. The van der Waals surface area contributed by atoms with Crippen LogP contribution in [0.5, 0.6) is 0 Å². The lowest BCUT2D eigenvalue weighted by Crippen LogP contribution is -2.39. The van der Waals surface area contributed by atoms with Crippen LogP contribution in [0.15, 0.2) is 24.8 Å². The number of nitrogens with one attached hydrogen (secondary N) is 1. The molecule has 0 bridgehead atoms. The van der Waals surface area contributed by atoms with E-state index in [0.29, 0.717) is 30.5 Å². The van der Waals surface area contributed by atoms with Gasteiger partial charge >= 0.3 is 0 Å². The smallest absolute Gasteiger partial charge is 0.270 e. The van der Waals surface area contributed by atoms with Crippen molar-refractivity contribution in [1.82, 2.24) is 24.8 Å². The molecular formula is C18H26N6O3. The summed E-state index contributed by atoms with van der Waals surface area (Å²) in [6.07, 6.45) is 8.79. The third-order valence-corrected chi connectivity index (χ3v) is 4.59. The van der Waals surface area contributed by atoms with Gasteiger partial charge in [-0.2, -0.15) is 0 Å². The normalized spacial score (nSPS) is 19.8. The van der Waals surface area contributed by atoms with Crippen molar-refractivity contribution in [2.45, 2.75) is 44.4 Å².